The van der Waals surface area contributed by atoms with Crippen LogP contribution in [0.5, 0.6) is 0 Å². The molecule has 15 heavy (non-hydrogen) atoms. The van der Waals surface area contributed by atoms with Gasteiger partial charge in [-0.2, -0.15) is 0 Å². The first kappa shape index (κ1) is 14.7. The van der Waals surface area contributed by atoms with E-state index < -0.39 is 0 Å². The quantitative estimate of drug-likeness (QED) is 0.519. The lowest BCUT2D eigenvalue weighted by molar-refractivity contribution is 0.129. The fraction of sp³-hybridized carbons (Fsp3) is 0.846. The Morgan fingerprint density at radius 2 is 1.80 bits per heavy atom. The van der Waals surface area contributed by atoms with Crippen molar-refractivity contribution in [1.29, 1.82) is 0 Å². The summed E-state index contributed by atoms with van der Waals surface area (Å²) in [7, 11) is 2.16. The van der Waals surface area contributed by atoms with Crippen molar-refractivity contribution in [2.45, 2.75) is 46.1 Å². The van der Waals surface area contributed by atoms with Crippen LogP contribution in [0, 0.1) is 5.41 Å². The maximum absolute atomic E-state index is 6.17. The molecule has 0 aliphatic rings. The van der Waals surface area contributed by atoms with E-state index in [2.05, 4.69) is 46.2 Å². The van der Waals surface area contributed by atoms with Gasteiger partial charge in [-0.3, -0.25) is 0 Å². The summed E-state index contributed by atoms with van der Waals surface area (Å²) >= 11 is 0. The van der Waals surface area contributed by atoms with Gasteiger partial charge in [0.15, 0.2) is 0 Å². The summed E-state index contributed by atoms with van der Waals surface area (Å²) < 4.78 is 0. The molecule has 2 heteroatoms. The molecule has 0 saturated heterocycles. The van der Waals surface area contributed by atoms with E-state index >= 15 is 0 Å². The second-order valence-corrected chi connectivity index (χ2v) is 5.77. The van der Waals surface area contributed by atoms with Gasteiger partial charge >= 0.3 is 0 Å². The van der Waals surface area contributed by atoms with Crippen LogP contribution in [-0.4, -0.2) is 30.6 Å². The molecule has 0 aromatic rings. The van der Waals surface area contributed by atoms with E-state index in [1.807, 2.05) is 6.08 Å². The fourth-order valence-electron chi connectivity index (χ4n) is 1.46. The van der Waals surface area contributed by atoms with E-state index in [9.17, 15) is 0 Å². The van der Waals surface area contributed by atoms with Gasteiger partial charge in [-0.1, -0.05) is 19.9 Å². The maximum atomic E-state index is 6.17. The Labute approximate surface area is 95.5 Å². The number of hydrogen-bond donors (Lipinski definition) is 1. The number of rotatable bonds is 7. The van der Waals surface area contributed by atoms with Crippen LogP contribution in [0.2, 0.25) is 0 Å². The van der Waals surface area contributed by atoms with Gasteiger partial charge in [0, 0.05) is 12.1 Å². The maximum Gasteiger partial charge on any atom is 0.0161 e. The molecule has 0 rings (SSSR count). The lowest BCUT2D eigenvalue weighted by atomic mass is 9.75. The number of allylic oxidation sites excluding steroid dienone is 1. The summed E-state index contributed by atoms with van der Waals surface area (Å²) in [6, 6.07) is 0. The zero-order valence-corrected chi connectivity index (χ0v) is 11.1. The molecular formula is C13H28N2. The summed E-state index contributed by atoms with van der Waals surface area (Å²) in [5, 5.41) is 0. The van der Waals surface area contributed by atoms with Crippen LogP contribution >= 0.6 is 0 Å². The molecule has 90 valence electrons. The molecule has 0 saturated carbocycles. The van der Waals surface area contributed by atoms with E-state index in [-0.39, 0.29) is 11.0 Å². The first-order valence-corrected chi connectivity index (χ1v) is 5.79. The molecule has 0 aliphatic carbocycles. The van der Waals surface area contributed by atoms with Crippen LogP contribution < -0.4 is 5.73 Å². The van der Waals surface area contributed by atoms with Gasteiger partial charge in [0.2, 0.25) is 0 Å². The summed E-state index contributed by atoms with van der Waals surface area (Å²) in [6.07, 6.45) is 4.25. The Morgan fingerprint density at radius 1 is 1.27 bits per heavy atom. The zero-order chi connectivity index (χ0) is 12.1. The smallest absolute Gasteiger partial charge is 0.0161 e. The van der Waals surface area contributed by atoms with Crippen molar-refractivity contribution in [3.8, 4) is 0 Å². The third kappa shape index (κ3) is 5.33. The standard InChI is InChI=1S/C13H28N2/c1-7-8-9-10-15(6)11-12(2,3)13(4,5)14/h7H,1,8-11,14H2,2-6H3. The van der Waals surface area contributed by atoms with Gasteiger partial charge in [-0.05, 0) is 45.7 Å². The number of nitrogens with two attached hydrogens (primary N) is 1. The first-order valence-electron chi connectivity index (χ1n) is 5.79. The third-order valence-electron chi connectivity index (χ3n) is 3.36. The van der Waals surface area contributed by atoms with Gasteiger partial charge in [0.25, 0.3) is 0 Å². The predicted octanol–water partition coefficient (Wildman–Crippen LogP) is 2.65. The van der Waals surface area contributed by atoms with Gasteiger partial charge in [0.05, 0.1) is 0 Å². The Bertz CT molecular complexity index is 189. The van der Waals surface area contributed by atoms with Crippen molar-refractivity contribution in [2.24, 2.45) is 11.1 Å². The summed E-state index contributed by atoms with van der Waals surface area (Å²) in [5.74, 6) is 0. The molecule has 0 atom stereocenters. The molecular weight excluding hydrogens is 184 g/mol. The highest BCUT2D eigenvalue weighted by Gasteiger charge is 2.33. The van der Waals surface area contributed by atoms with Gasteiger partial charge in [-0.25, -0.2) is 0 Å². The van der Waals surface area contributed by atoms with Gasteiger partial charge in [-0.15, -0.1) is 6.58 Å². The summed E-state index contributed by atoms with van der Waals surface area (Å²) in [6.45, 7) is 14.6. The predicted molar refractivity (Wildman–Crippen MR) is 69.0 cm³/mol. The van der Waals surface area contributed by atoms with E-state index in [1.165, 1.54) is 6.42 Å². The second-order valence-electron chi connectivity index (χ2n) is 5.77. The molecule has 0 amide bonds. The van der Waals surface area contributed by atoms with Crippen molar-refractivity contribution in [2.75, 3.05) is 20.1 Å². The van der Waals surface area contributed by atoms with Crippen LogP contribution in [0.3, 0.4) is 0 Å². The molecule has 0 aromatic carbocycles. The average molecular weight is 212 g/mol. The summed E-state index contributed by atoms with van der Waals surface area (Å²) in [4.78, 5) is 2.36. The molecule has 0 heterocycles. The highest BCUT2D eigenvalue weighted by atomic mass is 15.1. The van der Waals surface area contributed by atoms with Gasteiger partial charge < -0.3 is 10.6 Å². The summed E-state index contributed by atoms with van der Waals surface area (Å²) in [5.41, 5.74) is 6.17. The Morgan fingerprint density at radius 3 is 2.20 bits per heavy atom. The number of hydrogen-bond acceptors (Lipinski definition) is 2. The highest BCUT2D eigenvalue weighted by Crippen LogP contribution is 2.28. The van der Waals surface area contributed by atoms with Crippen LogP contribution in [-0.2, 0) is 0 Å². The lowest BCUT2D eigenvalue weighted by Crippen LogP contribution is -2.52. The van der Waals surface area contributed by atoms with Crippen molar-refractivity contribution >= 4 is 0 Å². The van der Waals surface area contributed by atoms with Crippen LogP contribution in [0.1, 0.15) is 40.5 Å². The number of unbranched alkanes of at least 4 members (excludes halogenated alkanes) is 1. The fourth-order valence-corrected chi connectivity index (χ4v) is 1.46. The lowest BCUT2D eigenvalue weighted by Gasteiger charge is -2.41. The monoisotopic (exact) mass is 212 g/mol. The molecule has 0 bridgehead atoms. The van der Waals surface area contributed by atoms with E-state index in [4.69, 9.17) is 5.73 Å². The molecule has 0 aromatic heterocycles. The minimum absolute atomic E-state index is 0.135. The molecule has 0 spiro atoms. The Kier molecular flexibility index (Phi) is 5.54. The largest absolute Gasteiger partial charge is 0.325 e. The minimum Gasteiger partial charge on any atom is -0.325 e. The topological polar surface area (TPSA) is 29.3 Å². The molecule has 0 unspecified atom stereocenters. The van der Waals surface area contributed by atoms with Crippen molar-refractivity contribution in [3.63, 3.8) is 0 Å². The molecule has 2 N–H and O–H groups in total. The first-order chi connectivity index (χ1) is 6.70. The van der Waals surface area contributed by atoms with Crippen LogP contribution in [0.25, 0.3) is 0 Å². The normalized spacial score (nSPS) is 13.3. The second kappa shape index (κ2) is 5.66. The van der Waals surface area contributed by atoms with Crippen molar-refractivity contribution in [1.82, 2.24) is 4.90 Å². The molecule has 0 radical (unpaired) electrons. The van der Waals surface area contributed by atoms with Crippen molar-refractivity contribution < 1.29 is 0 Å². The Hall–Kier alpha value is -0.340. The number of nitrogens with zero attached hydrogens (tertiary/aromatic N) is 1. The SMILES string of the molecule is C=CCCCN(C)CC(C)(C)C(C)(C)N. The Balaban J connectivity index is 4.04. The van der Waals surface area contributed by atoms with Crippen molar-refractivity contribution in [3.05, 3.63) is 12.7 Å². The van der Waals surface area contributed by atoms with Gasteiger partial charge in [0.1, 0.15) is 0 Å². The molecule has 0 fully saturated rings. The zero-order valence-electron chi connectivity index (χ0n) is 11.1. The van der Waals surface area contributed by atoms with E-state index in [0.717, 1.165) is 19.5 Å². The third-order valence-corrected chi connectivity index (χ3v) is 3.36. The van der Waals surface area contributed by atoms with Crippen LogP contribution in [0.15, 0.2) is 12.7 Å². The van der Waals surface area contributed by atoms with Crippen LogP contribution in [0.4, 0.5) is 0 Å². The molecule has 2 nitrogen and oxygen atoms in total. The van der Waals surface area contributed by atoms with E-state index in [0.29, 0.717) is 0 Å². The average Bonchev–Trinajstić information content (AvgIpc) is 2.01. The van der Waals surface area contributed by atoms with E-state index in [1.54, 1.807) is 0 Å². The minimum atomic E-state index is -0.139. The molecule has 0 aliphatic heterocycles. The highest BCUT2D eigenvalue weighted by molar-refractivity contribution is 4.91.